The second-order valence-corrected chi connectivity index (χ2v) is 5.65. The Hall–Kier alpha value is -2.27. The Labute approximate surface area is 143 Å². The number of benzene rings is 2. The van der Waals surface area contributed by atoms with Crippen molar-refractivity contribution < 1.29 is 19.0 Å². The van der Waals surface area contributed by atoms with Crippen LogP contribution in [0.15, 0.2) is 65.2 Å². The summed E-state index contributed by atoms with van der Waals surface area (Å²) >= 11 is 3.38. The lowest BCUT2D eigenvalue weighted by molar-refractivity contribution is -0.134. The van der Waals surface area contributed by atoms with Crippen molar-refractivity contribution in [2.75, 3.05) is 7.11 Å². The second kappa shape index (κ2) is 8.39. The van der Waals surface area contributed by atoms with Gasteiger partial charge < -0.3 is 14.2 Å². The fourth-order valence-corrected chi connectivity index (χ4v) is 2.03. The van der Waals surface area contributed by atoms with Gasteiger partial charge in [-0.25, -0.2) is 4.79 Å². The van der Waals surface area contributed by atoms with Gasteiger partial charge in [0.15, 0.2) is 0 Å². The fraction of sp³-hybridized carbons (Fsp3) is 0.167. The van der Waals surface area contributed by atoms with E-state index in [1.54, 1.807) is 6.08 Å². The third-order valence-corrected chi connectivity index (χ3v) is 3.43. The Balaban J connectivity index is 1.92. The molecule has 2 aromatic carbocycles. The van der Waals surface area contributed by atoms with Crippen LogP contribution in [-0.2, 0) is 9.53 Å². The highest BCUT2D eigenvalue weighted by Crippen LogP contribution is 2.25. The van der Waals surface area contributed by atoms with Gasteiger partial charge in [0.05, 0.1) is 7.11 Å². The lowest BCUT2D eigenvalue weighted by atomic mass is 10.3. The fourth-order valence-electron chi connectivity index (χ4n) is 1.76. The highest BCUT2D eigenvalue weighted by molar-refractivity contribution is 9.10. The molecule has 0 aliphatic rings. The smallest absolute Gasteiger partial charge is 0.330 e. The van der Waals surface area contributed by atoms with E-state index in [1.807, 2.05) is 55.5 Å². The van der Waals surface area contributed by atoms with E-state index >= 15 is 0 Å². The van der Waals surface area contributed by atoms with Crippen molar-refractivity contribution in [3.05, 3.63) is 65.2 Å². The van der Waals surface area contributed by atoms with Gasteiger partial charge in [0.25, 0.3) is 0 Å². The molecular formula is C18H17BrO4. The molecule has 0 radical (unpaired) electrons. The van der Waals surface area contributed by atoms with E-state index < -0.39 is 5.97 Å². The van der Waals surface area contributed by atoms with E-state index in [-0.39, 0.29) is 6.10 Å². The molecule has 5 heteroatoms. The summed E-state index contributed by atoms with van der Waals surface area (Å²) in [5.41, 5.74) is 0. The Kier molecular flexibility index (Phi) is 6.23. The molecule has 23 heavy (non-hydrogen) atoms. The Morgan fingerprint density at radius 1 is 1.00 bits per heavy atom. The number of hydrogen-bond donors (Lipinski definition) is 0. The number of carbonyl (C=O) groups excluding carboxylic acids is 1. The lowest BCUT2D eigenvalue weighted by Gasteiger charge is -2.11. The second-order valence-electron chi connectivity index (χ2n) is 4.73. The van der Waals surface area contributed by atoms with Crippen LogP contribution in [-0.4, -0.2) is 19.2 Å². The van der Waals surface area contributed by atoms with Crippen molar-refractivity contribution in [3.8, 4) is 17.2 Å². The molecule has 4 nitrogen and oxygen atoms in total. The van der Waals surface area contributed by atoms with Gasteiger partial charge in [-0.15, -0.1) is 0 Å². The highest BCUT2D eigenvalue weighted by atomic mass is 79.9. The molecular weight excluding hydrogens is 360 g/mol. The number of esters is 1. The molecule has 0 saturated heterocycles. The quantitative estimate of drug-likeness (QED) is 0.539. The predicted octanol–water partition coefficient (Wildman–Crippen LogP) is 4.74. The zero-order valence-corrected chi connectivity index (χ0v) is 14.4. The average Bonchev–Trinajstić information content (AvgIpc) is 2.56. The maximum absolute atomic E-state index is 11.0. The normalized spacial score (nSPS) is 12.0. The van der Waals surface area contributed by atoms with Crippen LogP contribution in [0, 0.1) is 0 Å². The van der Waals surface area contributed by atoms with E-state index in [0.717, 1.165) is 16.0 Å². The van der Waals surface area contributed by atoms with Crippen LogP contribution >= 0.6 is 15.9 Å². The van der Waals surface area contributed by atoms with Crippen LogP contribution in [0.1, 0.15) is 6.92 Å². The van der Waals surface area contributed by atoms with Crippen molar-refractivity contribution >= 4 is 21.9 Å². The molecule has 0 amide bonds. The van der Waals surface area contributed by atoms with Crippen LogP contribution in [0.4, 0.5) is 0 Å². The first kappa shape index (κ1) is 17.1. The molecule has 0 N–H and O–H groups in total. The molecule has 0 aliphatic heterocycles. The summed E-state index contributed by atoms with van der Waals surface area (Å²) in [5.74, 6) is 1.77. The number of halogens is 1. The van der Waals surface area contributed by atoms with Crippen molar-refractivity contribution in [2.45, 2.75) is 13.0 Å². The molecule has 0 fully saturated rings. The Morgan fingerprint density at radius 3 is 2.09 bits per heavy atom. The average molecular weight is 377 g/mol. The van der Waals surface area contributed by atoms with E-state index in [2.05, 4.69) is 20.7 Å². The summed E-state index contributed by atoms with van der Waals surface area (Å²) in [7, 11) is 1.34. The van der Waals surface area contributed by atoms with Gasteiger partial charge in [-0.3, -0.25) is 0 Å². The number of carbonyl (C=O) groups is 1. The minimum atomic E-state index is -0.404. The number of hydrogen-bond acceptors (Lipinski definition) is 4. The molecule has 0 spiro atoms. The van der Waals surface area contributed by atoms with E-state index in [0.29, 0.717) is 5.75 Å². The zero-order chi connectivity index (χ0) is 16.7. The first-order valence-corrected chi connectivity index (χ1v) is 7.82. The van der Waals surface area contributed by atoms with Gasteiger partial charge >= 0.3 is 5.97 Å². The monoisotopic (exact) mass is 376 g/mol. The zero-order valence-electron chi connectivity index (χ0n) is 12.9. The Morgan fingerprint density at radius 2 is 1.52 bits per heavy atom. The van der Waals surface area contributed by atoms with Gasteiger partial charge in [0, 0.05) is 10.5 Å². The molecule has 120 valence electrons. The molecule has 0 saturated carbocycles. The van der Waals surface area contributed by atoms with E-state index in [9.17, 15) is 4.79 Å². The molecule has 0 bridgehead atoms. The summed E-state index contributed by atoms with van der Waals surface area (Å²) in [6.45, 7) is 1.84. The van der Waals surface area contributed by atoms with Gasteiger partial charge in [-0.05, 0) is 61.5 Å². The third-order valence-electron chi connectivity index (χ3n) is 2.90. The first-order chi connectivity index (χ1) is 11.1. The maximum Gasteiger partial charge on any atom is 0.330 e. The van der Waals surface area contributed by atoms with Crippen molar-refractivity contribution in [3.63, 3.8) is 0 Å². The molecule has 1 atom stereocenters. The number of methoxy groups -OCH3 is 1. The van der Waals surface area contributed by atoms with Gasteiger partial charge in [-0.2, -0.15) is 0 Å². The summed E-state index contributed by atoms with van der Waals surface area (Å²) in [6, 6.07) is 14.9. The topological polar surface area (TPSA) is 44.8 Å². The molecule has 2 rings (SSSR count). The molecule has 1 unspecified atom stereocenters. The van der Waals surface area contributed by atoms with Crippen LogP contribution in [0.25, 0.3) is 0 Å². The number of ether oxygens (including phenoxy) is 3. The summed E-state index contributed by atoms with van der Waals surface area (Å²) < 4.78 is 16.9. The van der Waals surface area contributed by atoms with Crippen molar-refractivity contribution in [1.82, 2.24) is 0 Å². The van der Waals surface area contributed by atoms with Crippen molar-refractivity contribution in [2.24, 2.45) is 0 Å². The van der Waals surface area contributed by atoms with Crippen LogP contribution in [0.2, 0.25) is 0 Å². The molecule has 0 heterocycles. The summed E-state index contributed by atoms with van der Waals surface area (Å²) in [6.07, 6.45) is 2.74. The largest absolute Gasteiger partial charge is 0.487 e. The lowest BCUT2D eigenvalue weighted by Crippen LogP contribution is -2.09. The van der Waals surface area contributed by atoms with E-state index in [1.165, 1.54) is 13.2 Å². The third kappa shape index (κ3) is 5.79. The van der Waals surface area contributed by atoms with Gasteiger partial charge in [-0.1, -0.05) is 15.9 Å². The van der Waals surface area contributed by atoms with Gasteiger partial charge in [0.1, 0.15) is 23.4 Å². The van der Waals surface area contributed by atoms with Crippen LogP contribution < -0.4 is 9.47 Å². The number of rotatable bonds is 6. The van der Waals surface area contributed by atoms with Crippen LogP contribution in [0.5, 0.6) is 17.2 Å². The summed E-state index contributed by atoms with van der Waals surface area (Å²) in [4.78, 5) is 11.0. The maximum atomic E-state index is 11.0. The molecule has 2 aromatic rings. The van der Waals surface area contributed by atoms with Gasteiger partial charge in [0.2, 0.25) is 0 Å². The summed E-state index contributed by atoms with van der Waals surface area (Å²) in [5, 5.41) is 0. The van der Waals surface area contributed by atoms with Crippen molar-refractivity contribution in [1.29, 1.82) is 0 Å². The standard InChI is InChI=1S/C18H17BrO4/c1-13(3-12-18(20)21-2)22-15-8-10-17(11-9-15)23-16-6-4-14(19)5-7-16/h3-13H,1-2H3/b12-3+. The molecule has 0 aromatic heterocycles. The van der Waals surface area contributed by atoms with Crippen LogP contribution in [0.3, 0.4) is 0 Å². The highest BCUT2D eigenvalue weighted by Gasteiger charge is 2.03. The molecule has 0 aliphatic carbocycles. The minimum absolute atomic E-state index is 0.243. The predicted molar refractivity (Wildman–Crippen MR) is 91.9 cm³/mol. The Bertz CT molecular complexity index is 662. The first-order valence-electron chi connectivity index (χ1n) is 7.03. The SMILES string of the molecule is COC(=O)/C=C/C(C)Oc1ccc(Oc2ccc(Br)cc2)cc1. The van der Waals surface area contributed by atoms with E-state index in [4.69, 9.17) is 9.47 Å². The minimum Gasteiger partial charge on any atom is -0.487 e.